The van der Waals surface area contributed by atoms with Crippen LogP contribution < -0.4 is 5.32 Å². The van der Waals surface area contributed by atoms with Gasteiger partial charge in [0.2, 0.25) is 0 Å². The van der Waals surface area contributed by atoms with Crippen molar-refractivity contribution in [2.24, 2.45) is 12.0 Å². The second-order valence-electron chi connectivity index (χ2n) is 7.81. The number of hydrogen-bond acceptors (Lipinski definition) is 2. The van der Waals surface area contributed by atoms with E-state index in [4.69, 9.17) is 0 Å². The van der Waals surface area contributed by atoms with Crippen LogP contribution in [0.15, 0.2) is 35.6 Å². The average molecular weight is 508 g/mol. The van der Waals surface area contributed by atoms with Crippen molar-refractivity contribution in [3.05, 3.63) is 53.0 Å². The van der Waals surface area contributed by atoms with Gasteiger partial charge in [0.25, 0.3) is 0 Å². The highest BCUT2D eigenvalue weighted by molar-refractivity contribution is 14.0. The fourth-order valence-corrected chi connectivity index (χ4v) is 3.69. The lowest BCUT2D eigenvalue weighted by Crippen LogP contribution is -2.39. The average Bonchev–Trinajstić information content (AvgIpc) is 3.21. The number of nitrogens with zero attached hydrogens (tertiary/aromatic N) is 4. The number of aromatic nitrogens is 3. The van der Waals surface area contributed by atoms with Crippen LogP contribution in [0, 0.1) is 6.92 Å². The van der Waals surface area contributed by atoms with E-state index in [1.807, 2.05) is 18.8 Å². The molecule has 0 atom stereocenters. The van der Waals surface area contributed by atoms with E-state index in [-0.39, 0.29) is 24.0 Å². The van der Waals surface area contributed by atoms with Crippen LogP contribution >= 0.6 is 24.0 Å². The minimum Gasteiger partial charge on any atom is -0.361 e. The van der Waals surface area contributed by atoms with E-state index in [9.17, 15) is 0 Å². The van der Waals surface area contributed by atoms with Crippen molar-refractivity contribution in [2.75, 3.05) is 20.6 Å². The van der Waals surface area contributed by atoms with Gasteiger partial charge in [0.1, 0.15) is 0 Å². The first-order valence-corrected chi connectivity index (χ1v) is 9.89. The van der Waals surface area contributed by atoms with Gasteiger partial charge in [0.05, 0.1) is 5.69 Å². The van der Waals surface area contributed by atoms with Gasteiger partial charge in [-0.1, -0.05) is 26.0 Å². The molecular formula is C22H33IN6. The third-order valence-electron chi connectivity index (χ3n) is 5.07. The molecule has 0 unspecified atom stereocenters. The van der Waals surface area contributed by atoms with Gasteiger partial charge in [0.15, 0.2) is 5.96 Å². The van der Waals surface area contributed by atoms with Crippen molar-refractivity contribution < 1.29 is 0 Å². The molecule has 0 bridgehead atoms. The highest BCUT2D eigenvalue weighted by Gasteiger charge is 2.15. The highest BCUT2D eigenvalue weighted by Crippen LogP contribution is 2.20. The Morgan fingerprint density at radius 1 is 1.31 bits per heavy atom. The highest BCUT2D eigenvalue weighted by atomic mass is 127. The van der Waals surface area contributed by atoms with Gasteiger partial charge in [-0.3, -0.25) is 9.67 Å². The van der Waals surface area contributed by atoms with E-state index in [0.29, 0.717) is 5.92 Å². The Labute approximate surface area is 190 Å². The van der Waals surface area contributed by atoms with E-state index in [1.165, 1.54) is 27.6 Å². The minimum atomic E-state index is 0. The number of aromatic amines is 1. The van der Waals surface area contributed by atoms with E-state index < -0.39 is 0 Å². The first-order valence-electron chi connectivity index (χ1n) is 9.89. The molecular weight excluding hydrogens is 475 g/mol. The summed E-state index contributed by atoms with van der Waals surface area (Å²) in [5.41, 5.74) is 6.20. The Balaban J connectivity index is 0.00000300. The summed E-state index contributed by atoms with van der Waals surface area (Å²) < 4.78 is 1.90. The standard InChI is InChI=1S/C22H32N6.HI/c1-15(2)21-18(14-28(6)26-21)13-27(5)22(23-4)24-10-9-17-12-25-20-11-16(3)7-8-19(17)20;/h7-8,11-12,14-15,25H,9-10,13H2,1-6H3,(H,23,24);1H. The van der Waals surface area contributed by atoms with Crippen molar-refractivity contribution in [2.45, 2.75) is 39.7 Å². The zero-order valence-electron chi connectivity index (χ0n) is 18.3. The zero-order chi connectivity index (χ0) is 20.3. The first-order chi connectivity index (χ1) is 13.4. The molecule has 2 N–H and O–H groups in total. The maximum absolute atomic E-state index is 4.61. The summed E-state index contributed by atoms with van der Waals surface area (Å²) in [5.74, 6) is 1.30. The van der Waals surface area contributed by atoms with Crippen LogP contribution in [-0.2, 0) is 20.0 Å². The predicted octanol–water partition coefficient (Wildman–Crippen LogP) is 4.20. The molecule has 3 rings (SSSR count). The number of nitrogens with one attached hydrogen (secondary N) is 2. The molecule has 29 heavy (non-hydrogen) atoms. The summed E-state index contributed by atoms with van der Waals surface area (Å²) in [6.07, 6.45) is 5.16. The van der Waals surface area contributed by atoms with E-state index in [1.54, 1.807) is 0 Å². The third kappa shape index (κ3) is 5.52. The molecule has 2 heterocycles. The molecule has 1 aromatic carbocycles. The second kappa shape index (κ2) is 10.1. The molecule has 3 aromatic rings. The molecule has 0 aliphatic rings. The lowest BCUT2D eigenvalue weighted by molar-refractivity contribution is 0.474. The topological polar surface area (TPSA) is 61.2 Å². The summed E-state index contributed by atoms with van der Waals surface area (Å²) in [4.78, 5) is 9.99. The SMILES string of the molecule is CN=C(NCCc1c[nH]c2cc(C)ccc12)N(C)Cc1cn(C)nc1C(C)C.I. The summed E-state index contributed by atoms with van der Waals surface area (Å²) >= 11 is 0. The van der Waals surface area contributed by atoms with Crippen LogP contribution in [0.5, 0.6) is 0 Å². The van der Waals surface area contributed by atoms with Gasteiger partial charge in [-0.25, -0.2) is 0 Å². The Kier molecular flexibility index (Phi) is 8.13. The Bertz CT molecular complexity index is 969. The van der Waals surface area contributed by atoms with Crippen LogP contribution in [0.3, 0.4) is 0 Å². The number of aliphatic imine (C=N–C) groups is 1. The van der Waals surface area contributed by atoms with Crippen LogP contribution in [0.1, 0.15) is 42.1 Å². The number of hydrogen-bond donors (Lipinski definition) is 2. The molecule has 0 amide bonds. The molecule has 0 saturated carbocycles. The van der Waals surface area contributed by atoms with Crippen molar-refractivity contribution >= 4 is 40.8 Å². The van der Waals surface area contributed by atoms with Gasteiger partial charge >= 0.3 is 0 Å². The maximum Gasteiger partial charge on any atom is 0.193 e. The van der Waals surface area contributed by atoms with Crippen LogP contribution in [0.4, 0.5) is 0 Å². The van der Waals surface area contributed by atoms with Crippen molar-refractivity contribution in [3.8, 4) is 0 Å². The van der Waals surface area contributed by atoms with Gasteiger partial charge < -0.3 is 15.2 Å². The summed E-state index contributed by atoms with van der Waals surface area (Å²) in [5, 5.41) is 9.40. The van der Waals surface area contributed by atoms with Crippen LogP contribution in [0.2, 0.25) is 0 Å². The maximum atomic E-state index is 4.61. The molecule has 0 saturated heterocycles. The molecule has 0 aliphatic carbocycles. The number of H-pyrrole nitrogens is 1. The number of rotatable bonds is 6. The lowest BCUT2D eigenvalue weighted by Gasteiger charge is -2.22. The van der Waals surface area contributed by atoms with Crippen molar-refractivity contribution in [3.63, 3.8) is 0 Å². The summed E-state index contributed by atoms with van der Waals surface area (Å²) in [6.45, 7) is 8.10. The third-order valence-corrected chi connectivity index (χ3v) is 5.07. The molecule has 6 nitrogen and oxygen atoms in total. The summed E-state index contributed by atoms with van der Waals surface area (Å²) in [6, 6.07) is 6.56. The lowest BCUT2D eigenvalue weighted by atomic mass is 10.1. The largest absolute Gasteiger partial charge is 0.361 e. The first kappa shape index (κ1) is 23.3. The normalized spacial score (nSPS) is 11.8. The number of aryl methyl sites for hydroxylation is 2. The van der Waals surface area contributed by atoms with Gasteiger partial charge in [-0.2, -0.15) is 5.10 Å². The van der Waals surface area contributed by atoms with Crippen LogP contribution in [-0.4, -0.2) is 46.3 Å². The quantitative estimate of drug-likeness (QED) is 0.298. The van der Waals surface area contributed by atoms with E-state index in [0.717, 1.165) is 31.2 Å². The number of guanidine groups is 1. The number of halogens is 1. The summed E-state index contributed by atoms with van der Waals surface area (Å²) in [7, 11) is 5.88. The molecule has 0 fully saturated rings. The molecule has 7 heteroatoms. The second-order valence-corrected chi connectivity index (χ2v) is 7.81. The fraction of sp³-hybridized carbons (Fsp3) is 0.455. The molecule has 0 spiro atoms. The molecule has 0 radical (unpaired) electrons. The smallest absolute Gasteiger partial charge is 0.193 e. The van der Waals surface area contributed by atoms with Gasteiger partial charge in [-0.15, -0.1) is 24.0 Å². The van der Waals surface area contributed by atoms with Gasteiger partial charge in [0, 0.05) is 63.1 Å². The Morgan fingerprint density at radius 2 is 2.07 bits per heavy atom. The fourth-order valence-electron chi connectivity index (χ4n) is 3.69. The number of fused-ring (bicyclic) bond motifs is 1. The Morgan fingerprint density at radius 3 is 2.76 bits per heavy atom. The zero-order valence-corrected chi connectivity index (χ0v) is 20.6. The molecule has 0 aliphatic heterocycles. The Hall–Kier alpha value is -2.03. The minimum absolute atomic E-state index is 0. The van der Waals surface area contributed by atoms with Crippen molar-refractivity contribution in [1.82, 2.24) is 25.0 Å². The predicted molar refractivity (Wildman–Crippen MR) is 132 cm³/mol. The van der Waals surface area contributed by atoms with Gasteiger partial charge in [-0.05, 0) is 36.5 Å². The molecule has 158 valence electrons. The van der Waals surface area contributed by atoms with Crippen LogP contribution in [0.25, 0.3) is 10.9 Å². The van der Waals surface area contributed by atoms with E-state index >= 15 is 0 Å². The monoisotopic (exact) mass is 508 g/mol. The number of benzene rings is 1. The van der Waals surface area contributed by atoms with Crippen molar-refractivity contribution in [1.29, 1.82) is 0 Å². The molecule has 2 aromatic heterocycles. The van der Waals surface area contributed by atoms with E-state index in [2.05, 4.69) is 83.7 Å².